The molecular formula is C36H25Cl3N2O8S. The van der Waals surface area contributed by atoms with Gasteiger partial charge in [-0.3, -0.25) is 4.79 Å². The van der Waals surface area contributed by atoms with E-state index >= 15 is 0 Å². The Balaban J connectivity index is 1.57. The Hall–Kier alpha value is -4.94. The monoisotopic (exact) mass is 750 g/mol. The lowest BCUT2D eigenvalue weighted by Crippen LogP contribution is -2.31. The highest BCUT2D eigenvalue weighted by Crippen LogP contribution is 2.47. The quantitative estimate of drug-likeness (QED) is 0.116. The number of carbonyl (C=O) groups is 1. The minimum Gasteiger partial charge on any atom is -0.508 e. The lowest BCUT2D eigenvalue weighted by Gasteiger charge is -2.23. The molecule has 0 fully saturated rings. The summed E-state index contributed by atoms with van der Waals surface area (Å²) in [6.45, 7) is 0.157. The van der Waals surface area contributed by atoms with Gasteiger partial charge in [0.1, 0.15) is 34.0 Å². The number of nitrogens with zero attached hydrogens (tertiary/aromatic N) is 2. The number of phenolic OH excluding ortho intramolecular Hbond substituents is 4. The second-order valence-electron chi connectivity index (χ2n) is 11.7. The van der Waals surface area contributed by atoms with Gasteiger partial charge >= 0.3 is 10.1 Å². The molecule has 5 aromatic carbocycles. The second-order valence-corrected chi connectivity index (χ2v) is 15.8. The van der Waals surface area contributed by atoms with Crippen LogP contribution in [0.4, 0.5) is 11.4 Å². The third-order valence-electron chi connectivity index (χ3n) is 8.32. The summed E-state index contributed by atoms with van der Waals surface area (Å²) in [6, 6.07) is 23.4. The average molecular weight is 752 g/mol. The van der Waals surface area contributed by atoms with Gasteiger partial charge in [0, 0.05) is 22.2 Å². The molecule has 2 aliphatic rings. The Labute approximate surface area is 299 Å². The molecule has 0 radical (unpaired) electrons. The third kappa shape index (κ3) is 6.18. The molecule has 0 saturated heterocycles. The molecule has 0 aromatic heterocycles. The van der Waals surface area contributed by atoms with Crippen LogP contribution in [-0.4, -0.2) is 50.8 Å². The normalized spacial score (nSPS) is 13.5. The zero-order valence-corrected chi connectivity index (χ0v) is 28.7. The van der Waals surface area contributed by atoms with E-state index in [1.54, 1.807) is 65.6 Å². The van der Waals surface area contributed by atoms with Gasteiger partial charge in [-0.25, -0.2) is 4.99 Å². The van der Waals surface area contributed by atoms with E-state index in [1.165, 1.54) is 30.3 Å². The molecule has 10 nitrogen and oxygen atoms in total. The molecule has 0 bridgehead atoms. The molecule has 0 unspecified atom stereocenters. The second kappa shape index (κ2) is 12.4. The van der Waals surface area contributed by atoms with Crippen molar-refractivity contribution < 1.29 is 37.8 Å². The Bertz CT molecular complexity index is 2540. The van der Waals surface area contributed by atoms with Crippen molar-refractivity contribution in [3.8, 4) is 39.9 Å². The van der Waals surface area contributed by atoms with Gasteiger partial charge in [0.25, 0.3) is 5.91 Å². The molecule has 0 atom stereocenters. The minimum atomic E-state index is -4.44. The zero-order chi connectivity index (χ0) is 35.5. The summed E-state index contributed by atoms with van der Waals surface area (Å²) < 4.78 is 29.0. The van der Waals surface area contributed by atoms with Crippen LogP contribution in [-0.2, 0) is 21.3 Å². The number of rotatable bonds is 8. The van der Waals surface area contributed by atoms with Crippen molar-refractivity contribution in [2.24, 2.45) is 4.99 Å². The number of aromatic hydroxyl groups is 4. The summed E-state index contributed by atoms with van der Waals surface area (Å²) in [5.74, 6) is -1.77. The van der Waals surface area contributed by atoms with Crippen LogP contribution in [0.3, 0.4) is 0 Å². The van der Waals surface area contributed by atoms with Crippen LogP contribution in [0.1, 0.15) is 11.1 Å². The smallest absolute Gasteiger partial charge is 0.313 e. The molecule has 1 amide bonds. The van der Waals surface area contributed by atoms with Gasteiger partial charge in [0.15, 0.2) is 11.5 Å². The van der Waals surface area contributed by atoms with Gasteiger partial charge in [-0.15, -0.1) is 0 Å². The van der Waals surface area contributed by atoms with Gasteiger partial charge in [-0.2, -0.15) is 8.42 Å². The zero-order valence-electron chi connectivity index (χ0n) is 25.6. The lowest BCUT2D eigenvalue weighted by atomic mass is 9.95. The number of benzene rings is 5. The summed E-state index contributed by atoms with van der Waals surface area (Å²) in [4.78, 5) is 20.9. The van der Waals surface area contributed by atoms with E-state index in [4.69, 9.17) is 39.0 Å². The molecule has 2 heterocycles. The van der Waals surface area contributed by atoms with Crippen LogP contribution in [0.2, 0.25) is 0 Å². The topological polar surface area (TPSA) is 157 Å². The van der Waals surface area contributed by atoms with Crippen LogP contribution in [0.5, 0.6) is 28.7 Å². The standard InChI is InChI=1S/C36H25Cl3N2O8S/c37-36(38,39)18-50(47,48)49-26-3-1-2-25-29-30-27(20-6-12-23(43)13-7-20)35(46)41(17-16-19-4-10-22(42)11-5-19)33(30)28(21-8-14-24(44)15-9-21)34(45)32(29)40-31(25)26/h1-15,42-45H,16-18H2. The molecule has 50 heavy (non-hydrogen) atoms. The number of fused-ring (bicyclic) bond motifs is 4. The van der Waals surface area contributed by atoms with E-state index in [9.17, 15) is 33.6 Å². The number of anilines is 1. The molecule has 0 saturated carbocycles. The Morgan fingerprint density at radius 2 is 1.34 bits per heavy atom. The first-order valence-corrected chi connectivity index (χ1v) is 17.7. The molecule has 0 aliphatic carbocycles. The molecular weight excluding hydrogens is 727 g/mol. The molecule has 5 aromatic rings. The van der Waals surface area contributed by atoms with Crippen molar-refractivity contribution in [3.63, 3.8) is 0 Å². The number of carbonyl (C=O) groups excluding carboxylic acids is 1. The highest BCUT2D eigenvalue weighted by atomic mass is 35.6. The fourth-order valence-electron chi connectivity index (χ4n) is 6.24. The van der Waals surface area contributed by atoms with Crippen molar-refractivity contribution in [2.45, 2.75) is 10.2 Å². The number of alkyl halides is 3. The first-order valence-electron chi connectivity index (χ1n) is 15.0. The van der Waals surface area contributed by atoms with Crippen molar-refractivity contribution >= 4 is 67.8 Å². The van der Waals surface area contributed by atoms with Crippen LogP contribution >= 0.6 is 34.8 Å². The molecule has 2 aliphatic heterocycles. The van der Waals surface area contributed by atoms with Gasteiger partial charge in [-0.1, -0.05) is 83.3 Å². The van der Waals surface area contributed by atoms with E-state index in [-0.39, 0.29) is 57.5 Å². The highest BCUT2D eigenvalue weighted by Gasteiger charge is 2.37. The van der Waals surface area contributed by atoms with Gasteiger partial charge in [0.05, 0.1) is 16.8 Å². The van der Waals surface area contributed by atoms with Gasteiger partial charge < -0.3 is 29.5 Å². The van der Waals surface area contributed by atoms with Crippen LogP contribution in [0.25, 0.3) is 16.7 Å². The largest absolute Gasteiger partial charge is 0.508 e. The average Bonchev–Trinajstić information content (AvgIpc) is 3.57. The molecule has 254 valence electrons. The summed E-state index contributed by atoms with van der Waals surface area (Å²) >= 11 is 17.3. The number of halogens is 3. The predicted molar refractivity (Wildman–Crippen MR) is 189 cm³/mol. The summed E-state index contributed by atoms with van der Waals surface area (Å²) in [7, 11) is -4.44. The van der Waals surface area contributed by atoms with Gasteiger partial charge in [0.2, 0.25) is 3.79 Å². The Kier molecular flexibility index (Phi) is 8.34. The van der Waals surface area contributed by atoms with E-state index in [2.05, 4.69) is 4.99 Å². The Morgan fingerprint density at radius 1 is 0.760 bits per heavy atom. The van der Waals surface area contributed by atoms with Gasteiger partial charge in [-0.05, 0) is 65.6 Å². The van der Waals surface area contributed by atoms with Crippen molar-refractivity contribution in [1.29, 1.82) is 0 Å². The number of phenols is 4. The first-order chi connectivity index (χ1) is 23.7. The molecule has 14 heteroatoms. The van der Waals surface area contributed by atoms with E-state index in [0.717, 1.165) is 5.56 Å². The van der Waals surface area contributed by atoms with Crippen molar-refractivity contribution in [2.75, 3.05) is 17.2 Å². The minimum absolute atomic E-state index is 0.0110. The first kappa shape index (κ1) is 33.6. The number of hydrogen-bond donors (Lipinski definition) is 4. The fourth-order valence-corrected chi connectivity index (χ4v) is 8.31. The number of amides is 1. The summed E-state index contributed by atoms with van der Waals surface area (Å²) in [5.41, 5.74) is 2.68. The van der Waals surface area contributed by atoms with Crippen molar-refractivity contribution in [3.05, 3.63) is 123 Å². The maximum atomic E-state index is 14.7. The summed E-state index contributed by atoms with van der Waals surface area (Å²) in [5, 5.41) is 43.3. The SMILES string of the molecule is O=C1C(c2ccc(O)cc2)=c2c(c(-c3ccc(O)cc3)c(O)c3c2=c2cccc(OS(=O)(=O)CC(Cl)(Cl)Cl)c2=N3)N1CCc1ccc(O)cc1. The number of hydrogen-bond acceptors (Lipinski definition) is 9. The Morgan fingerprint density at radius 3 is 1.94 bits per heavy atom. The number of para-hydroxylation sites is 1. The van der Waals surface area contributed by atoms with E-state index in [0.29, 0.717) is 38.9 Å². The van der Waals surface area contributed by atoms with Crippen molar-refractivity contribution in [1.82, 2.24) is 0 Å². The highest BCUT2D eigenvalue weighted by molar-refractivity contribution is 7.87. The van der Waals surface area contributed by atoms with Crippen LogP contribution in [0, 0.1) is 10.4 Å². The molecule has 4 N–H and O–H groups in total. The van der Waals surface area contributed by atoms with Crippen LogP contribution in [0.15, 0.2) is 96.0 Å². The third-order valence-corrected chi connectivity index (χ3v) is 10.4. The summed E-state index contributed by atoms with van der Waals surface area (Å²) in [6.07, 6.45) is 0.376. The molecule has 7 rings (SSSR count). The maximum absolute atomic E-state index is 14.7. The maximum Gasteiger partial charge on any atom is 0.313 e. The van der Waals surface area contributed by atoms with E-state index in [1.807, 2.05) is 0 Å². The van der Waals surface area contributed by atoms with Crippen LogP contribution < -0.4 is 19.7 Å². The fraction of sp³-hybridized carbons (Fsp3) is 0.111. The lowest BCUT2D eigenvalue weighted by molar-refractivity contribution is -0.113. The molecule has 0 spiro atoms. The predicted octanol–water partition coefficient (Wildman–Crippen LogP) is 5.59. The van der Waals surface area contributed by atoms with E-state index < -0.39 is 25.6 Å².